The van der Waals surface area contributed by atoms with E-state index in [-0.39, 0.29) is 4.90 Å². The van der Waals surface area contributed by atoms with Crippen molar-refractivity contribution in [3.63, 3.8) is 0 Å². The summed E-state index contributed by atoms with van der Waals surface area (Å²) < 4.78 is 38.3. The van der Waals surface area contributed by atoms with Gasteiger partial charge < -0.3 is 9.31 Å². The van der Waals surface area contributed by atoms with Gasteiger partial charge in [0.15, 0.2) is 0 Å². The van der Waals surface area contributed by atoms with Gasteiger partial charge in [0.2, 0.25) is 0 Å². The van der Waals surface area contributed by atoms with Gasteiger partial charge in [-0.15, -0.1) is 0 Å². The molecule has 0 spiro atoms. The fourth-order valence-corrected chi connectivity index (χ4v) is 3.60. The zero-order chi connectivity index (χ0) is 16.9. The van der Waals surface area contributed by atoms with Gasteiger partial charge in [0.05, 0.1) is 16.1 Å². The minimum Gasteiger partial charge on any atom is -0.399 e. The van der Waals surface area contributed by atoms with Crippen molar-refractivity contribution in [1.82, 2.24) is 3.97 Å². The van der Waals surface area contributed by atoms with Crippen LogP contribution in [0.3, 0.4) is 0 Å². The van der Waals surface area contributed by atoms with Gasteiger partial charge in [0.1, 0.15) is 0 Å². The van der Waals surface area contributed by atoms with Crippen LogP contribution in [-0.4, -0.2) is 30.7 Å². The first kappa shape index (κ1) is 16.3. The fraction of sp³-hybridized carbons (Fsp3) is 0.375. The summed E-state index contributed by atoms with van der Waals surface area (Å²) in [7, 11) is -4.18. The molecule has 1 aromatic carbocycles. The summed E-state index contributed by atoms with van der Waals surface area (Å²) in [5, 5.41) is 0. The molecule has 0 saturated carbocycles. The van der Waals surface area contributed by atoms with E-state index in [1.54, 1.807) is 42.6 Å². The molecule has 0 N–H and O–H groups in total. The van der Waals surface area contributed by atoms with Gasteiger partial charge in [-0.2, -0.15) is 0 Å². The Morgan fingerprint density at radius 1 is 0.957 bits per heavy atom. The van der Waals surface area contributed by atoms with Crippen molar-refractivity contribution in [1.29, 1.82) is 0 Å². The molecule has 1 saturated heterocycles. The summed E-state index contributed by atoms with van der Waals surface area (Å²) in [6.07, 6.45) is 3.06. The quantitative estimate of drug-likeness (QED) is 0.807. The second-order valence-electron chi connectivity index (χ2n) is 6.68. The Kier molecular flexibility index (Phi) is 3.70. The Morgan fingerprint density at radius 3 is 2.09 bits per heavy atom. The van der Waals surface area contributed by atoms with Crippen molar-refractivity contribution < 1.29 is 17.7 Å². The Hall–Kier alpha value is -1.57. The first-order chi connectivity index (χ1) is 10.6. The number of hydrogen-bond donors (Lipinski definition) is 0. The van der Waals surface area contributed by atoms with Crippen molar-refractivity contribution in [3.05, 3.63) is 48.8 Å². The third-order valence-electron chi connectivity index (χ3n) is 4.53. The summed E-state index contributed by atoms with van der Waals surface area (Å²) in [4.78, 5) is 0.246. The predicted octanol–water partition coefficient (Wildman–Crippen LogP) is 2.02. The fourth-order valence-electron chi connectivity index (χ4n) is 2.37. The third kappa shape index (κ3) is 2.73. The van der Waals surface area contributed by atoms with E-state index in [0.717, 1.165) is 0 Å². The number of hydrogen-bond acceptors (Lipinski definition) is 4. The second kappa shape index (κ2) is 5.23. The predicted molar refractivity (Wildman–Crippen MR) is 89.2 cm³/mol. The highest BCUT2D eigenvalue weighted by molar-refractivity contribution is 7.90. The van der Waals surface area contributed by atoms with Gasteiger partial charge in [-0.25, -0.2) is 12.4 Å². The van der Waals surface area contributed by atoms with E-state index in [1.165, 1.54) is 10.2 Å². The lowest BCUT2D eigenvalue weighted by molar-refractivity contribution is 0.00578. The molecule has 1 aliphatic rings. The highest BCUT2D eigenvalue weighted by Crippen LogP contribution is 2.36. The summed E-state index contributed by atoms with van der Waals surface area (Å²) in [6, 6.07) is 10.0. The van der Waals surface area contributed by atoms with Crippen molar-refractivity contribution in [3.8, 4) is 0 Å². The largest absolute Gasteiger partial charge is 0.496 e. The SMILES string of the molecule is CC1(C)OB(c2ccn(S(=O)(=O)c3ccccc3)c2)OC1(C)C. The molecule has 5 nitrogen and oxygen atoms in total. The number of aromatic nitrogens is 1. The third-order valence-corrected chi connectivity index (χ3v) is 6.18. The summed E-state index contributed by atoms with van der Waals surface area (Å²) in [5.41, 5.74) is -0.237. The minimum atomic E-state index is -3.60. The zero-order valence-electron chi connectivity index (χ0n) is 13.7. The van der Waals surface area contributed by atoms with Crippen LogP contribution in [-0.2, 0) is 19.3 Å². The number of nitrogens with zero attached hydrogens (tertiary/aromatic N) is 1. The lowest BCUT2D eigenvalue weighted by atomic mass is 9.81. The van der Waals surface area contributed by atoms with Gasteiger partial charge in [-0.1, -0.05) is 18.2 Å². The average molecular weight is 333 g/mol. The summed E-state index contributed by atoms with van der Waals surface area (Å²) >= 11 is 0. The van der Waals surface area contributed by atoms with Crippen LogP contribution in [0.15, 0.2) is 53.7 Å². The van der Waals surface area contributed by atoms with Gasteiger partial charge in [0.25, 0.3) is 10.0 Å². The van der Waals surface area contributed by atoms with Crippen molar-refractivity contribution in [2.45, 2.75) is 43.8 Å². The summed E-state index contributed by atoms with van der Waals surface area (Å²) in [5.74, 6) is 0. The molecule has 0 aliphatic carbocycles. The molecule has 0 atom stereocenters. The maximum absolute atomic E-state index is 12.6. The van der Waals surface area contributed by atoms with Gasteiger partial charge >= 0.3 is 7.12 Å². The maximum Gasteiger partial charge on any atom is 0.496 e. The van der Waals surface area contributed by atoms with Crippen LogP contribution in [0.2, 0.25) is 0 Å². The van der Waals surface area contributed by atoms with E-state index in [2.05, 4.69) is 0 Å². The molecule has 23 heavy (non-hydrogen) atoms. The normalized spacial score (nSPS) is 19.9. The standard InChI is InChI=1S/C16H20BNO4S/c1-15(2)16(3,4)22-17(21-15)13-10-11-18(12-13)23(19,20)14-8-6-5-7-9-14/h5-12H,1-4H3. The monoisotopic (exact) mass is 333 g/mol. The molecule has 0 amide bonds. The van der Waals surface area contributed by atoms with E-state index in [0.29, 0.717) is 5.46 Å². The first-order valence-corrected chi connectivity index (χ1v) is 8.92. The molecule has 2 heterocycles. The topological polar surface area (TPSA) is 57.5 Å². The van der Waals surface area contributed by atoms with Crippen LogP contribution < -0.4 is 5.46 Å². The van der Waals surface area contributed by atoms with Crippen LogP contribution in [0.4, 0.5) is 0 Å². The van der Waals surface area contributed by atoms with Crippen LogP contribution in [0, 0.1) is 0 Å². The molecular formula is C16H20BNO4S. The molecule has 122 valence electrons. The Bertz CT molecular complexity index is 796. The molecule has 0 unspecified atom stereocenters. The lowest BCUT2D eigenvalue weighted by Gasteiger charge is -2.32. The van der Waals surface area contributed by atoms with Crippen molar-refractivity contribution >= 4 is 22.6 Å². The molecule has 3 rings (SSSR count). The second-order valence-corrected chi connectivity index (χ2v) is 8.52. The number of rotatable bonds is 3. The molecule has 7 heteroatoms. The Morgan fingerprint density at radius 2 is 1.52 bits per heavy atom. The van der Waals surface area contributed by atoms with E-state index in [9.17, 15) is 8.42 Å². The van der Waals surface area contributed by atoms with Crippen LogP contribution >= 0.6 is 0 Å². The van der Waals surface area contributed by atoms with Crippen LogP contribution in [0.1, 0.15) is 27.7 Å². The molecule has 1 aliphatic heterocycles. The van der Waals surface area contributed by atoms with Gasteiger partial charge in [-0.05, 0) is 45.9 Å². The molecule has 1 fully saturated rings. The van der Waals surface area contributed by atoms with E-state index in [4.69, 9.17) is 9.31 Å². The molecule has 0 radical (unpaired) electrons. The average Bonchev–Trinajstić information content (AvgIpc) is 3.04. The van der Waals surface area contributed by atoms with Crippen molar-refractivity contribution in [2.24, 2.45) is 0 Å². The molecule has 2 aromatic rings. The van der Waals surface area contributed by atoms with Crippen LogP contribution in [0.5, 0.6) is 0 Å². The first-order valence-electron chi connectivity index (χ1n) is 7.48. The van der Waals surface area contributed by atoms with Crippen molar-refractivity contribution in [2.75, 3.05) is 0 Å². The molecule has 1 aromatic heterocycles. The Labute approximate surface area is 137 Å². The summed E-state index contributed by atoms with van der Waals surface area (Å²) in [6.45, 7) is 7.85. The highest BCUT2D eigenvalue weighted by atomic mass is 32.2. The van der Waals surface area contributed by atoms with E-state index >= 15 is 0 Å². The van der Waals surface area contributed by atoms with Gasteiger partial charge in [0, 0.05) is 17.9 Å². The highest BCUT2D eigenvalue weighted by Gasteiger charge is 2.52. The minimum absolute atomic E-state index is 0.246. The lowest BCUT2D eigenvalue weighted by Crippen LogP contribution is -2.41. The van der Waals surface area contributed by atoms with Crippen LogP contribution in [0.25, 0.3) is 0 Å². The maximum atomic E-state index is 12.6. The molecular weight excluding hydrogens is 313 g/mol. The van der Waals surface area contributed by atoms with E-state index in [1.807, 2.05) is 27.7 Å². The smallest absolute Gasteiger partial charge is 0.399 e. The Balaban J connectivity index is 1.91. The zero-order valence-corrected chi connectivity index (χ0v) is 14.5. The van der Waals surface area contributed by atoms with E-state index < -0.39 is 28.3 Å². The van der Waals surface area contributed by atoms with Gasteiger partial charge in [-0.3, -0.25) is 0 Å². The molecule has 0 bridgehead atoms. The number of benzene rings is 1.